The first-order valence-electron chi connectivity index (χ1n) is 6.15. The van der Waals surface area contributed by atoms with E-state index in [2.05, 4.69) is 0 Å². The van der Waals surface area contributed by atoms with Gasteiger partial charge in [0.05, 0.1) is 17.1 Å². The average Bonchev–Trinajstić information content (AvgIpc) is 2.17. The highest BCUT2D eigenvalue weighted by Gasteiger charge is 2.44. The van der Waals surface area contributed by atoms with Crippen molar-refractivity contribution < 1.29 is 13.2 Å². The Kier molecular flexibility index (Phi) is 4.80. The zero-order chi connectivity index (χ0) is 12.2. The Balaban J connectivity index is 2.91. The summed E-state index contributed by atoms with van der Waals surface area (Å²) >= 11 is 0. The van der Waals surface area contributed by atoms with Crippen LogP contribution >= 0.6 is 0 Å². The van der Waals surface area contributed by atoms with Crippen LogP contribution in [0, 0.1) is 5.92 Å². The summed E-state index contributed by atoms with van der Waals surface area (Å²) in [5.41, 5.74) is 0. The summed E-state index contributed by atoms with van der Waals surface area (Å²) in [6.45, 7) is 4.28. The molecule has 1 aliphatic carbocycles. The third kappa shape index (κ3) is 2.98. The van der Waals surface area contributed by atoms with Gasteiger partial charge in [-0.15, -0.1) is 0 Å². The Hall–Kier alpha value is -0.0900. The molecule has 0 amide bonds. The van der Waals surface area contributed by atoms with Crippen LogP contribution in [0.3, 0.4) is 0 Å². The maximum atomic E-state index is 12.4. The number of rotatable bonds is 5. The van der Waals surface area contributed by atoms with Gasteiger partial charge >= 0.3 is 0 Å². The lowest BCUT2D eigenvalue weighted by Crippen LogP contribution is -2.46. The van der Waals surface area contributed by atoms with Gasteiger partial charge in [0.2, 0.25) is 0 Å². The van der Waals surface area contributed by atoms with Crippen molar-refractivity contribution in [3.05, 3.63) is 0 Å². The fourth-order valence-corrected chi connectivity index (χ4v) is 5.06. The van der Waals surface area contributed by atoms with Crippen LogP contribution in [0.15, 0.2) is 0 Å². The van der Waals surface area contributed by atoms with E-state index >= 15 is 0 Å². The Labute approximate surface area is 99.5 Å². The Bertz CT molecular complexity index is 295. The van der Waals surface area contributed by atoms with Gasteiger partial charge in [0.25, 0.3) is 0 Å². The lowest BCUT2D eigenvalue weighted by atomic mass is 9.89. The molecule has 1 rings (SSSR count). The molecule has 0 aliphatic heterocycles. The SMILES string of the molecule is COCC1(S(=O)(=O)CC(C)C)CCCCC1. The molecule has 3 nitrogen and oxygen atoms in total. The molecule has 1 aliphatic rings. The maximum absolute atomic E-state index is 12.4. The van der Waals surface area contributed by atoms with E-state index in [1.807, 2.05) is 13.8 Å². The summed E-state index contributed by atoms with van der Waals surface area (Å²) in [7, 11) is -1.43. The van der Waals surface area contributed by atoms with Crippen LogP contribution in [0.25, 0.3) is 0 Å². The largest absolute Gasteiger partial charge is 0.383 e. The van der Waals surface area contributed by atoms with E-state index in [1.54, 1.807) is 7.11 Å². The molecule has 16 heavy (non-hydrogen) atoms. The van der Waals surface area contributed by atoms with E-state index in [9.17, 15) is 8.42 Å². The normalized spacial score (nSPS) is 21.2. The Morgan fingerprint density at radius 1 is 1.19 bits per heavy atom. The van der Waals surface area contributed by atoms with Crippen LogP contribution < -0.4 is 0 Å². The maximum Gasteiger partial charge on any atom is 0.158 e. The minimum atomic E-state index is -3.03. The van der Waals surface area contributed by atoms with Gasteiger partial charge in [0, 0.05) is 7.11 Å². The molecular formula is C12H24O3S. The summed E-state index contributed by atoms with van der Waals surface area (Å²) in [4.78, 5) is 0. The fourth-order valence-electron chi connectivity index (χ4n) is 2.62. The van der Waals surface area contributed by atoms with Crippen LogP contribution in [-0.4, -0.2) is 32.6 Å². The van der Waals surface area contributed by atoms with Gasteiger partial charge in [-0.25, -0.2) is 8.42 Å². The molecule has 0 radical (unpaired) electrons. The molecule has 0 aromatic carbocycles. The molecule has 0 heterocycles. The van der Waals surface area contributed by atoms with Crippen molar-refractivity contribution in [2.45, 2.75) is 50.7 Å². The number of hydrogen-bond acceptors (Lipinski definition) is 3. The topological polar surface area (TPSA) is 43.4 Å². The fraction of sp³-hybridized carbons (Fsp3) is 1.00. The van der Waals surface area contributed by atoms with Crippen molar-refractivity contribution in [3.8, 4) is 0 Å². The van der Waals surface area contributed by atoms with E-state index in [4.69, 9.17) is 4.74 Å². The van der Waals surface area contributed by atoms with E-state index in [1.165, 1.54) is 0 Å². The molecule has 0 spiro atoms. The first-order chi connectivity index (χ1) is 7.43. The van der Waals surface area contributed by atoms with Crippen LogP contribution in [0.1, 0.15) is 46.0 Å². The highest BCUT2D eigenvalue weighted by molar-refractivity contribution is 7.92. The van der Waals surface area contributed by atoms with Crippen LogP contribution in [0.4, 0.5) is 0 Å². The molecule has 1 fully saturated rings. The lowest BCUT2D eigenvalue weighted by Gasteiger charge is -2.36. The molecule has 0 bridgehead atoms. The summed E-state index contributed by atoms with van der Waals surface area (Å²) < 4.78 is 29.4. The van der Waals surface area contributed by atoms with Crippen molar-refractivity contribution in [3.63, 3.8) is 0 Å². The minimum absolute atomic E-state index is 0.195. The zero-order valence-electron chi connectivity index (χ0n) is 10.7. The number of sulfone groups is 1. The van der Waals surface area contributed by atoms with Crippen molar-refractivity contribution in [2.24, 2.45) is 5.92 Å². The smallest absolute Gasteiger partial charge is 0.158 e. The van der Waals surface area contributed by atoms with Gasteiger partial charge in [-0.2, -0.15) is 0 Å². The zero-order valence-corrected chi connectivity index (χ0v) is 11.5. The highest BCUT2D eigenvalue weighted by Crippen LogP contribution is 2.36. The van der Waals surface area contributed by atoms with E-state index < -0.39 is 14.6 Å². The number of methoxy groups -OCH3 is 1. The number of ether oxygens (including phenoxy) is 1. The van der Waals surface area contributed by atoms with E-state index in [0.29, 0.717) is 6.61 Å². The second-order valence-electron chi connectivity index (χ2n) is 5.35. The summed E-state index contributed by atoms with van der Waals surface area (Å²) in [6.07, 6.45) is 4.73. The highest BCUT2D eigenvalue weighted by atomic mass is 32.2. The van der Waals surface area contributed by atoms with Gasteiger partial charge in [0.1, 0.15) is 0 Å². The Morgan fingerprint density at radius 3 is 2.19 bits per heavy atom. The predicted molar refractivity (Wildman–Crippen MR) is 66.3 cm³/mol. The molecule has 0 aromatic heterocycles. The van der Waals surface area contributed by atoms with Crippen LogP contribution in [-0.2, 0) is 14.6 Å². The molecule has 0 atom stereocenters. The second-order valence-corrected chi connectivity index (χ2v) is 7.78. The summed E-state index contributed by atoms with van der Waals surface area (Å²) in [5, 5.41) is 0. The first kappa shape index (κ1) is 14.0. The van der Waals surface area contributed by atoms with E-state index in [-0.39, 0.29) is 11.7 Å². The molecule has 96 valence electrons. The summed E-state index contributed by atoms with van der Waals surface area (Å²) in [6, 6.07) is 0. The molecular weight excluding hydrogens is 224 g/mol. The lowest BCUT2D eigenvalue weighted by molar-refractivity contribution is 0.143. The second kappa shape index (κ2) is 5.50. The van der Waals surface area contributed by atoms with Crippen LogP contribution in [0.2, 0.25) is 0 Å². The monoisotopic (exact) mass is 248 g/mol. The summed E-state index contributed by atoms with van der Waals surface area (Å²) in [5.74, 6) is 0.483. The molecule has 0 saturated heterocycles. The van der Waals surface area contributed by atoms with Crippen molar-refractivity contribution in [1.29, 1.82) is 0 Å². The van der Waals surface area contributed by atoms with Crippen molar-refractivity contribution >= 4 is 9.84 Å². The van der Waals surface area contributed by atoms with Gasteiger partial charge in [0.15, 0.2) is 9.84 Å². The molecule has 0 N–H and O–H groups in total. The van der Waals surface area contributed by atoms with E-state index in [0.717, 1.165) is 32.1 Å². The van der Waals surface area contributed by atoms with Gasteiger partial charge in [-0.3, -0.25) is 0 Å². The minimum Gasteiger partial charge on any atom is -0.383 e. The third-order valence-corrected chi connectivity index (χ3v) is 6.34. The predicted octanol–water partition coefficient (Wildman–Crippen LogP) is 2.41. The van der Waals surface area contributed by atoms with Gasteiger partial charge in [-0.05, 0) is 18.8 Å². The van der Waals surface area contributed by atoms with Crippen LogP contribution in [0.5, 0.6) is 0 Å². The molecule has 1 saturated carbocycles. The quantitative estimate of drug-likeness (QED) is 0.750. The molecule has 4 heteroatoms. The first-order valence-corrected chi connectivity index (χ1v) is 7.80. The molecule has 0 aromatic rings. The number of hydrogen-bond donors (Lipinski definition) is 0. The molecule has 0 unspecified atom stereocenters. The van der Waals surface area contributed by atoms with Gasteiger partial charge < -0.3 is 4.74 Å². The van der Waals surface area contributed by atoms with Crippen molar-refractivity contribution in [2.75, 3.05) is 19.5 Å². The Morgan fingerprint density at radius 2 is 1.75 bits per heavy atom. The average molecular weight is 248 g/mol. The third-order valence-electron chi connectivity index (χ3n) is 3.38. The standard InChI is InChI=1S/C12H24O3S/c1-11(2)9-16(13,14)12(10-15-3)7-5-4-6-8-12/h11H,4-10H2,1-3H3. The van der Waals surface area contributed by atoms with Gasteiger partial charge in [-0.1, -0.05) is 33.1 Å². The van der Waals surface area contributed by atoms with Crippen molar-refractivity contribution in [1.82, 2.24) is 0 Å².